The summed E-state index contributed by atoms with van der Waals surface area (Å²) >= 11 is 0. The van der Waals surface area contributed by atoms with Crippen molar-refractivity contribution in [3.63, 3.8) is 0 Å². The lowest BCUT2D eigenvalue weighted by atomic mass is 10.1. The molecule has 122 valence electrons. The second-order valence-corrected chi connectivity index (χ2v) is 6.42. The first-order valence-electron chi connectivity index (χ1n) is 6.22. The van der Waals surface area contributed by atoms with Crippen molar-refractivity contribution < 1.29 is 21.6 Å². The molecule has 0 radical (unpaired) electrons. The summed E-state index contributed by atoms with van der Waals surface area (Å²) in [5.74, 6) is -1.11. The van der Waals surface area contributed by atoms with Crippen LogP contribution in [0.5, 0.6) is 0 Å². The molecule has 1 heterocycles. The van der Waals surface area contributed by atoms with Gasteiger partial charge in [0.15, 0.2) is 5.82 Å². The zero-order chi connectivity index (χ0) is 17.3. The quantitative estimate of drug-likeness (QED) is 0.921. The molecule has 0 spiro atoms. The highest BCUT2D eigenvalue weighted by atomic mass is 32.2. The number of nitriles is 1. The summed E-state index contributed by atoms with van der Waals surface area (Å²) in [6.07, 6.45) is -3.36. The number of nitrogens with one attached hydrogen (secondary N) is 1. The highest BCUT2D eigenvalue weighted by Crippen LogP contribution is 2.32. The molecule has 0 atom stereocenters. The molecule has 0 amide bonds. The van der Waals surface area contributed by atoms with Crippen LogP contribution in [0, 0.1) is 11.3 Å². The number of sulfonamides is 1. The van der Waals surface area contributed by atoms with E-state index in [4.69, 9.17) is 5.26 Å². The molecule has 1 aromatic carbocycles. The first-order valence-corrected chi connectivity index (χ1v) is 7.87. The molecule has 0 fully saturated rings. The molecule has 0 saturated carbocycles. The summed E-state index contributed by atoms with van der Waals surface area (Å²) in [5, 5.41) is 12.6. The van der Waals surface area contributed by atoms with Gasteiger partial charge in [-0.05, 0) is 11.6 Å². The molecule has 0 bridgehead atoms. The molecule has 10 heteroatoms. The van der Waals surface area contributed by atoms with Crippen LogP contribution in [0.1, 0.15) is 16.7 Å². The Morgan fingerprint density at radius 2 is 2.00 bits per heavy atom. The van der Waals surface area contributed by atoms with E-state index < -0.39 is 27.5 Å². The third-order valence-corrected chi connectivity index (χ3v) is 4.07. The summed E-state index contributed by atoms with van der Waals surface area (Å²) in [6.45, 7) is 0. The van der Waals surface area contributed by atoms with Crippen LogP contribution in [0.25, 0.3) is 0 Å². The van der Waals surface area contributed by atoms with E-state index in [-0.39, 0.29) is 16.9 Å². The van der Waals surface area contributed by atoms with E-state index in [9.17, 15) is 21.6 Å². The number of aryl methyl sites for hydroxylation is 1. The second-order valence-electron chi connectivity index (χ2n) is 4.69. The van der Waals surface area contributed by atoms with Crippen LogP contribution in [0.15, 0.2) is 30.5 Å². The van der Waals surface area contributed by atoms with Crippen LogP contribution in [0.4, 0.5) is 19.0 Å². The zero-order valence-electron chi connectivity index (χ0n) is 11.8. The first-order chi connectivity index (χ1) is 10.6. The largest absolute Gasteiger partial charge is 0.416 e. The summed E-state index contributed by atoms with van der Waals surface area (Å²) in [6, 6.07) is 6.15. The van der Waals surface area contributed by atoms with Gasteiger partial charge in [0.25, 0.3) is 0 Å². The predicted octanol–water partition coefficient (Wildman–Crippen LogP) is 2.25. The number of anilines is 1. The van der Waals surface area contributed by atoms with Gasteiger partial charge in [0.2, 0.25) is 10.0 Å². The van der Waals surface area contributed by atoms with Gasteiger partial charge in [0, 0.05) is 13.2 Å². The van der Waals surface area contributed by atoms with E-state index in [2.05, 4.69) is 5.10 Å². The van der Waals surface area contributed by atoms with Gasteiger partial charge in [-0.3, -0.25) is 9.40 Å². The van der Waals surface area contributed by atoms with Crippen LogP contribution in [-0.4, -0.2) is 18.2 Å². The topological polar surface area (TPSA) is 87.8 Å². The summed E-state index contributed by atoms with van der Waals surface area (Å²) in [5.41, 5.74) is -1.44. The zero-order valence-corrected chi connectivity index (χ0v) is 12.6. The van der Waals surface area contributed by atoms with Gasteiger partial charge in [0.1, 0.15) is 11.6 Å². The fourth-order valence-corrected chi connectivity index (χ4v) is 3.14. The van der Waals surface area contributed by atoms with Gasteiger partial charge in [-0.1, -0.05) is 18.2 Å². The maximum atomic E-state index is 12.9. The Labute approximate surface area is 130 Å². The van der Waals surface area contributed by atoms with Crippen molar-refractivity contribution >= 4 is 15.8 Å². The fraction of sp³-hybridized carbons (Fsp3) is 0.231. The van der Waals surface area contributed by atoms with Crippen molar-refractivity contribution in [1.29, 1.82) is 5.26 Å². The van der Waals surface area contributed by atoms with Gasteiger partial charge in [-0.15, -0.1) is 0 Å². The van der Waals surface area contributed by atoms with Crippen LogP contribution < -0.4 is 4.72 Å². The van der Waals surface area contributed by atoms with E-state index in [0.29, 0.717) is 0 Å². The van der Waals surface area contributed by atoms with Crippen molar-refractivity contribution in [2.75, 3.05) is 4.72 Å². The lowest BCUT2D eigenvalue weighted by Crippen LogP contribution is -2.19. The fourth-order valence-electron chi connectivity index (χ4n) is 1.96. The van der Waals surface area contributed by atoms with Crippen LogP contribution >= 0.6 is 0 Å². The Kier molecular flexibility index (Phi) is 4.33. The molecular formula is C13H11F3N4O2S. The average Bonchev–Trinajstić information content (AvgIpc) is 2.76. The Morgan fingerprint density at radius 3 is 2.61 bits per heavy atom. The monoisotopic (exact) mass is 344 g/mol. The molecule has 0 aliphatic carbocycles. The molecule has 0 aliphatic heterocycles. The van der Waals surface area contributed by atoms with E-state index in [0.717, 1.165) is 12.1 Å². The number of benzene rings is 1. The maximum absolute atomic E-state index is 12.9. The third kappa shape index (κ3) is 4.01. The summed E-state index contributed by atoms with van der Waals surface area (Å²) in [4.78, 5) is 0. The van der Waals surface area contributed by atoms with Gasteiger partial charge < -0.3 is 0 Å². The average molecular weight is 344 g/mol. The van der Waals surface area contributed by atoms with Crippen molar-refractivity contribution in [3.8, 4) is 6.07 Å². The predicted molar refractivity (Wildman–Crippen MR) is 75.6 cm³/mol. The van der Waals surface area contributed by atoms with Gasteiger partial charge in [0.05, 0.1) is 11.3 Å². The Hall–Kier alpha value is -2.54. The molecule has 0 unspecified atom stereocenters. The molecule has 2 rings (SSSR count). The molecule has 1 N–H and O–H groups in total. The third-order valence-electron chi connectivity index (χ3n) is 2.87. The molecule has 23 heavy (non-hydrogen) atoms. The SMILES string of the molecule is Cn1cc(C#N)c(NS(=O)(=O)Cc2ccccc2C(F)(F)F)n1. The van der Waals surface area contributed by atoms with Crippen molar-refractivity contribution in [2.24, 2.45) is 7.05 Å². The number of aromatic nitrogens is 2. The molecule has 0 aliphatic rings. The number of hydrogen-bond acceptors (Lipinski definition) is 4. The van der Waals surface area contributed by atoms with Gasteiger partial charge in [-0.2, -0.15) is 23.5 Å². The molecule has 6 nitrogen and oxygen atoms in total. The maximum Gasteiger partial charge on any atom is 0.416 e. The number of hydrogen-bond donors (Lipinski definition) is 1. The Morgan fingerprint density at radius 1 is 1.35 bits per heavy atom. The van der Waals surface area contributed by atoms with Crippen molar-refractivity contribution in [1.82, 2.24) is 9.78 Å². The summed E-state index contributed by atoms with van der Waals surface area (Å²) in [7, 11) is -2.68. The van der Waals surface area contributed by atoms with Crippen LogP contribution in [0.3, 0.4) is 0 Å². The number of nitrogens with zero attached hydrogens (tertiary/aromatic N) is 3. The number of rotatable bonds is 4. The van der Waals surface area contributed by atoms with Crippen LogP contribution in [-0.2, 0) is 29.0 Å². The molecule has 1 aromatic heterocycles. The second kappa shape index (κ2) is 5.92. The first kappa shape index (κ1) is 16.8. The van der Waals surface area contributed by atoms with Crippen LogP contribution in [0.2, 0.25) is 0 Å². The van der Waals surface area contributed by atoms with E-state index >= 15 is 0 Å². The molecule has 2 aromatic rings. The minimum Gasteiger partial charge on any atom is -0.272 e. The van der Waals surface area contributed by atoms with E-state index in [1.165, 1.54) is 30.1 Å². The lowest BCUT2D eigenvalue weighted by molar-refractivity contribution is -0.138. The van der Waals surface area contributed by atoms with Crippen molar-refractivity contribution in [3.05, 3.63) is 47.2 Å². The molecule has 0 saturated heterocycles. The van der Waals surface area contributed by atoms with E-state index in [1.807, 2.05) is 4.72 Å². The smallest absolute Gasteiger partial charge is 0.272 e. The summed E-state index contributed by atoms with van der Waals surface area (Å²) < 4.78 is 66.1. The van der Waals surface area contributed by atoms with Crippen molar-refractivity contribution in [2.45, 2.75) is 11.9 Å². The Balaban J connectivity index is 2.31. The van der Waals surface area contributed by atoms with Gasteiger partial charge in [-0.25, -0.2) is 8.42 Å². The highest BCUT2D eigenvalue weighted by molar-refractivity contribution is 7.91. The minimum atomic E-state index is -4.66. The standard InChI is InChI=1S/C13H11F3N4O2S/c1-20-7-10(6-17)12(18-20)19-23(21,22)8-9-4-2-3-5-11(9)13(14,15)16/h2-5,7H,8H2,1H3,(H,18,19). The number of alkyl halides is 3. The Bertz CT molecular complexity index is 866. The number of halogens is 3. The lowest BCUT2D eigenvalue weighted by Gasteiger charge is -2.13. The minimum absolute atomic E-state index is 0.0276. The van der Waals surface area contributed by atoms with E-state index in [1.54, 1.807) is 6.07 Å². The molecular weight excluding hydrogens is 333 g/mol. The normalized spacial score (nSPS) is 12.0. The van der Waals surface area contributed by atoms with Gasteiger partial charge >= 0.3 is 6.18 Å². The highest BCUT2D eigenvalue weighted by Gasteiger charge is 2.34.